The number of thiazole rings is 3. The van der Waals surface area contributed by atoms with E-state index in [1.807, 2.05) is 66.7 Å². The van der Waals surface area contributed by atoms with Crippen LogP contribution in [0.4, 0.5) is 13.2 Å². The van der Waals surface area contributed by atoms with E-state index in [1.54, 1.807) is 97.7 Å². The minimum Gasteiger partial charge on any atom is -0.481 e. The van der Waals surface area contributed by atoms with Crippen LogP contribution < -0.4 is 19.7 Å². The lowest BCUT2D eigenvalue weighted by Crippen LogP contribution is -2.29. The molecule has 6 heterocycles. The highest BCUT2D eigenvalue weighted by molar-refractivity contribution is 9.08. The van der Waals surface area contributed by atoms with Crippen molar-refractivity contribution in [2.45, 2.75) is 18.2 Å². The average Bonchev–Trinajstić information content (AvgIpc) is 3.48. The number of benzene rings is 6. The highest BCUT2D eigenvalue weighted by atomic mass is 79.9. The molecule has 0 radical (unpaired) electrons. The van der Waals surface area contributed by atoms with Gasteiger partial charge in [-0.15, -0.1) is 46.4 Å². The zero-order valence-electron chi connectivity index (χ0n) is 45.3. The molecular weight excluding hydrogens is 1300 g/mol. The van der Waals surface area contributed by atoms with E-state index in [-0.39, 0.29) is 29.9 Å². The quantitative estimate of drug-likeness (QED) is 0.0784. The molecule has 12 nitrogen and oxygen atoms in total. The van der Waals surface area contributed by atoms with Gasteiger partial charge in [0.2, 0.25) is 17.6 Å². The van der Waals surface area contributed by atoms with Crippen LogP contribution in [0.3, 0.4) is 0 Å². The molecule has 0 bridgehead atoms. The van der Waals surface area contributed by atoms with Gasteiger partial charge in [-0.3, -0.25) is 0 Å². The largest absolute Gasteiger partial charge is 0.490 e. The van der Waals surface area contributed by atoms with Crippen molar-refractivity contribution in [3.05, 3.63) is 223 Å². The Morgan fingerprint density at radius 2 is 0.812 bits per heavy atom. The van der Waals surface area contributed by atoms with Crippen LogP contribution in [-0.2, 0) is 18.2 Å². The van der Waals surface area contributed by atoms with Crippen LogP contribution >= 0.6 is 97.2 Å². The normalized spacial score (nSPS) is 10.5. The SMILES string of the molecule is CO.COc1ccc(B(O)O)cn1.COc1ccc(Cc2cc3scnc3c(-c3cccc(Cl)c3)c2F)cn1.COc1ccc(Cc2cc3scnc3c(-c3cccc(Cl)c3)c2F)cn1.Cl.Fc1c(CBr)cc2scnc2c1-c1cccc(Cl)c1. The monoisotopic (exact) mass is 1340 g/mol. The third kappa shape index (κ3) is 16.4. The van der Waals surface area contributed by atoms with Crippen molar-refractivity contribution >= 4 is 140 Å². The summed E-state index contributed by atoms with van der Waals surface area (Å²) in [6.07, 6.45) is 5.63. The number of methoxy groups -OCH3 is 3. The van der Waals surface area contributed by atoms with E-state index >= 15 is 8.78 Å². The lowest BCUT2D eigenvalue weighted by Gasteiger charge is -2.11. The topological polar surface area (TPSA) is 166 Å². The maximum atomic E-state index is 15.4. The lowest BCUT2D eigenvalue weighted by molar-refractivity contribution is 0.397. The molecule has 0 aliphatic rings. The molecule has 3 N–H and O–H groups in total. The number of nitrogens with zero attached hydrogens (tertiary/aromatic N) is 6. The minimum absolute atomic E-state index is 0. The van der Waals surface area contributed by atoms with Crippen molar-refractivity contribution in [3.8, 4) is 51.0 Å². The molecule has 0 fully saturated rings. The van der Waals surface area contributed by atoms with Gasteiger partial charge >= 0.3 is 7.12 Å². The van der Waals surface area contributed by atoms with E-state index < -0.39 is 7.12 Å². The summed E-state index contributed by atoms with van der Waals surface area (Å²) in [5.41, 5.74) is 14.9. The maximum absolute atomic E-state index is 15.4. The van der Waals surface area contributed by atoms with Crippen LogP contribution in [0.5, 0.6) is 17.6 Å². The predicted molar refractivity (Wildman–Crippen MR) is 346 cm³/mol. The first-order valence-electron chi connectivity index (χ1n) is 25.0. The van der Waals surface area contributed by atoms with E-state index in [0.29, 0.717) is 106 Å². The Morgan fingerprint density at radius 3 is 1.11 bits per heavy atom. The number of aromatic nitrogens is 6. The number of hydrogen-bond acceptors (Lipinski definition) is 15. The first-order chi connectivity index (χ1) is 40.7. The Balaban J connectivity index is 0.000000166. The minimum atomic E-state index is -1.46. The number of hydrogen-bond donors (Lipinski definition) is 3. The summed E-state index contributed by atoms with van der Waals surface area (Å²) >= 11 is 26.0. The van der Waals surface area contributed by atoms with Crippen LogP contribution in [0.15, 0.2) is 163 Å². The fourth-order valence-electron chi connectivity index (χ4n) is 8.55. The molecule has 12 rings (SSSR count). The summed E-state index contributed by atoms with van der Waals surface area (Å²) < 4.78 is 63.2. The number of halogens is 8. The molecule has 0 saturated heterocycles. The van der Waals surface area contributed by atoms with E-state index in [0.717, 1.165) is 49.0 Å². The number of alkyl halides is 1. The summed E-state index contributed by atoms with van der Waals surface area (Å²) in [6, 6.07) is 37.6. The highest BCUT2D eigenvalue weighted by Crippen LogP contribution is 2.39. The van der Waals surface area contributed by atoms with Gasteiger partial charge in [0.05, 0.1) is 68.5 Å². The van der Waals surface area contributed by atoms with Gasteiger partial charge in [0.1, 0.15) is 17.5 Å². The Kier molecular flexibility index (Phi) is 24.4. The Morgan fingerprint density at radius 1 is 0.471 bits per heavy atom. The highest BCUT2D eigenvalue weighted by Gasteiger charge is 2.21. The van der Waals surface area contributed by atoms with Gasteiger partial charge in [-0.25, -0.2) is 43.1 Å². The molecule has 0 spiro atoms. The number of rotatable bonds is 12. The summed E-state index contributed by atoms with van der Waals surface area (Å²) in [5.74, 6) is 0.730. The van der Waals surface area contributed by atoms with Gasteiger partial charge in [-0.05, 0) is 99.6 Å². The Hall–Kier alpha value is -6.79. The van der Waals surface area contributed by atoms with Gasteiger partial charge in [0.25, 0.3) is 0 Å². The van der Waals surface area contributed by atoms with E-state index in [1.165, 1.54) is 53.4 Å². The van der Waals surface area contributed by atoms with Crippen LogP contribution in [0.25, 0.3) is 64.0 Å². The first kappa shape index (κ1) is 65.8. The van der Waals surface area contributed by atoms with E-state index in [2.05, 4.69) is 45.8 Å². The molecule has 6 aromatic heterocycles. The predicted octanol–water partition coefficient (Wildman–Crippen LogP) is 16.0. The van der Waals surface area contributed by atoms with Crippen LogP contribution in [0.1, 0.15) is 27.8 Å². The second-order valence-corrected chi connectivity index (χ2v) is 22.2. The molecule has 12 aromatic rings. The van der Waals surface area contributed by atoms with Gasteiger partial charge in [0.15, 0.2) is 0 Å². The molecule has 0 saturated carbocycles. The first-order valence-corrected chi connectivity index (χ1v) is 29.9. The van der Waals surface area contributed by atoms with Gasteiger partial charge < -0.3 is 29.4 Å². The zero-order chi connectivity index (χ0) is 59.9. The number of ether oxygens (including phenoxy) is 3. The molecule has 0 atom stereocenters. The zero-order valence-corrected chi connectivity index (χ0v) is 52.4. The van der Waals surface area contributed by atoms with Gasteiger partial charge in [0, 0.05) is 98.8 Å². The number of fused-ring (bicyclic) bond motifs is 3. The summed E-state index contributed by atoms with van der Waals surface area (Å²) in [4.78, 5) is 25.2. The van der Waals surface area contributed by atoms with Crippen LogP contribution in [0.2, 0.25) is 15.1 Å². The molecule has 0 amide bonds. The van der Waals surface area contributed by atoms with Crippen molar-refractivity contribution < 1.29 is 42.5 Å². The van der Waals surface area contributed by atoms with E-state index in [4.69, 9.17) is 64.2 Å². The number of pyridine rings is 3. The van der Waals surface area contributed by atoms with Crippen molar-refractivity contribution in [2.75, 3.05) is 28.4 Å². The molecule has 0 unspecified atom stereocenters. The molecule has 0 aliphatic heterocycles. The van der Waals surface area contributed by atoms with Crippen LogP contribution in [0, 0.1) is 17.5 Å². The average molecular weight is 1350 g/mol. The third-order valence-corrected chi connectivity index (χ3v) is 16.1. The van der Waals surface area contributed by atoms with Crippen LogP contribution in [-0.4, -0.2) is 80.6 Å². The molecule has 0 aliphatic carbocycles. The summed E-state index contributed by atoms with van der Waals surface area (Å²) in [5, 5.41) is 26.5. The van der Waals surface area contributed by atoms with Gasteiger partial charge in [-0.2, -0.15) is 0 Å². The van der Waals surface area contributed by atoms with Crippen molar-refractivity contribution in [2.24, 2.45) is 0 Å². The standard InChI is InChI=1S/2C20H14ClFN2OS.C14H8BrClFNS.C6H8BNO3.CH4O.ClH/c2*1-25-17-6-5-12(10-23-17)7-14-9-16-20(24-11-26-16)18(19(14)22)13-3-2-4-15(21)8-13;15-6-9-5-11-14(18-7-19-11)12(13(9)17)8-2-1-3-10(16)4-8;1-11-6-3-2-5(4-8-6)7(9)10;1-2;/h2*2-6,8-11H,7H2,1H3;1-5,7H,6H2;2-4,9-10H,1H3;2H,1H3;1H. The fourth-order valence-corrected chi connectivity index (χ4v) is 11.8. The smallest absolute Gasteiger partial charge is 0.481 e. The van der Waals surface area contributed by atoms with Crippen molar-refractivity contribution in [1.29, 1.82) is 0 Å². The summed E-state index contributed by atoms with van der Waals surface area (Å²) in [7, 11) is 4.17. The molecule has 85 heavy (non-hydrogen) atoms. The fraction of sp³-hybridized carbons (Fsp3) is 0.115. The lowest BCUT2D eigenvalue weighted by atomic mass is 9.82. The third-order valence-electron chi connectivity index (χ3n) is 12.5. The van der Waals surface area contributed by atoms with Crippen molar-refractivity contribution in [3.63, 3.8) is 0 Å². The van der Waals surface area contributed by atoms with Crippen molar-refractivity contribution in [1.82, 2.24) is 29.9 Å². The molecule has 6 aromatic carbocycles. The molecule has 24 heteroatoms. The van der Waals surface area contributed by atoms with E-state index in [9.17, 15) is 4.39 Å². The number of aliphatic hydroxyl groups is 1. The molecular formula is C61H49BBrCl4F3N6O6S3. The van der Waals surface area contributed by atoms with Gasteiger partial charge in [-0.1, -0.05) is 105 Å². The summed E-state index contributed by atoms with van der Waals surface area (Å²) in [6.45, 7) is 0. The second kappa shape index (κ2) is 31.6. The Labute approximate surface area is 529 Å². The second-order valence-electron chi connectivity index (χ2n) is 17.7. The molecule has 436 valence electrons. The maximum Gasteiger partial charge on any atom is 0.490 e. The number of aliphatic hydroxyl groups excluding tert-OH is 1. The Bertz CT molecular complexity index is 3980.